The van der Waals surface area contributed by atoms with Gasteiger partial charge in [-0.25, -0.2) is 0 Å². The molecule has 6 aliphatic carbocycles. The van der Waals surface area contributed by atoms with E-state index in [1.807, 2.05) is 0 Å². The largest absolute Gasteiger partial charge is 0.340 e. The topological polar surface area (TPSA) is 63.3 Å². The highest BCUT2D eigenvalue weighted by atomic mass is 16.5. The summed E-state index contributed by atoms with van der Waals surface area (Å²) in [7, 11) is 0. The molecule has 0 amide bonds. The number of nitrogens with zero attached hydrogens (tertiary/aromatic N) is 4. The molecule has 1 heterocycles. The highest BCUT2D eigenvalue weighted by Crippen LogP contribution is 2.75. The first-order valence-corrected chi connectivity index (χ1v) is 38.9. The van der Waals surface area contributed by atoms with Gasteiger partial charge in [-0.3, -0.25) is 0 Å². The lowest BCUT2D eigenvalue weighted by Gasteiger charge is -2.38. The first-order chi connectivity index (χ1) is 56.0. The van der Waals surface area contributed by atoms with E-state index in [-0.39, 0.29) is 11.1 Å². The molecule has 0 saturated heterocycles. The standard InChI is InChI=1S/C108H64N4O/c109-65-83-84(66-110)104(112(72-63-59-70(60-64-72)68-31-5-2-6-32-68)98-56-28-54-96-100(98)82-42-16-22-48-90(82)106(96)87-45-19-9-35-75(87)76-36-10-20-46-88(76)106)102-101(107(91-49-23-11-37-77(91)78-38-12-24-50-92(78)107)113-108(102)93-51-25-13-39-79(93)80-40-14-26-52-94(80)108)103(83)111(71-61-57-69(58-62-71)67-29-3-1-4-30-67)97-55-27-53-95-99(97)81-41-15-21-47-89(81)105(95)85-43-17-7-33-73(85)74-34-8-18-44-86(74)105/h1-64H. The zero-order valence-corrected chi connectivity index (χ0v) is 61.1. The molecule has 17 aromatic carbocycles. The van der Waals surface area contributed by atoms with Gasteiger partial charge in [-0.05, 0) is 159 Å². The molecular formula is C108H64N4O. The second-order valence-corrected chi connectivity index (χ2v) is 30.7. The summed E-state index contributed by atoms with van der Waals surface area (Å²) in [6, 6.07) is 147. The number of fused-ring (bicyclic) bond motifs is 33. The van der Waals surface area contributed by atoms with Gasteiger partial charge in [0.05, 0.1) is 44.7 Å². The maximum absolute atomic E-state index is 13.7. The van der Waals surface area contributed by atoms with E-state index in [1.165, 1.54) is 55.6 Å². The molecule has 0 N–H and O–H groups in total. The summed E-state index contributed by atoms with van der Waals surface area (Å²) in [4.78, 5) is 4.76. The van der Waals surface area contributed by atoms with Crippen LogP contribution in [0.5, 0.6) is 0 Å². The van der Waals surface area contributed by atoms with E-state index in [2.05, 4.69) is 410 Å². The number of hydrogen-bond donors (Lipinski definition) is 0. The summed E-state index contributed by atoms with van der Waals surface area (Å²) in [6.45, 7) is 0. The highest BCUT2D eigenvalue weighted by molar-refractivity contribution is 6.08. The van der Waals surface area contributed by atoms with Crippen LogP contribution in [0.2, 0.25) is 0 Å². The predicted molar refractivity (Wildman–Crippen MR) is 453 cm³/mol. The molecule has 522 valence electrons. The summed E-state index contributed by atoms with van der Waals surface area (Å²) in [5.41, 5.74) is 32.1. The van der Waals surface area contributed by atoms with Crippen molar-refractivity contribution >= 4 is 34.1 Å². The average molecular weight is 1430 g/mol. The van der Waals surface area contributed by atoms with Gasteiger partial charge in [0.15, 0.2) is 0 Å². The van der Waals surface area contributed by atoms with Crippen LogP contribution in [0.15, 0.2) is 388 Å². The third-order valence-electron chi connectivity index (χ3n) is 25.9. The van der Waals surface area contributed by atoms with Crippen LogP contribution in [0.3, 0.4) is 0 Å². The van der Waals surface area contributed by atoms with Gasteiger partial charge in [-0.15, -0.1) is 0 Å². The van der Waals surface area contributed by atoms with Crippen molar-refractivity contribution in [1.82, 2.24) is 0 Å². The van der Waals surface area contributed by atoms with Crippen molar-refractivity contribution in [3.63, 3.8) is 0 Å². The molecule has 0 unspecified atom stereocenters. The van der Waals surface area contributed by atoms with Gasteiger partial charge in [0.2, 0.25) is 0 Å². The van der Waals surface area contributed by atoms with E-state index in [4.69, 9.17) is 0 Å². The van der Waals surface area contributed by atoms with Crippen LogP contribution in [0.25, 0.3) is 89.0 Å². The third kappa shape index (κ3) is 7.95. The smallest absolute Gasteiger partial charge is 0.149 e. The predicted octanol–water partition coefficient (Wildman–Crippen LogP) is 26.0. The molecule has 113 heavy (non-hydrogen) atoms. The molecule has 4 spiro atoms. The monoisotopic (exact) mass is 1430 g/mol. The first kappa shape index (κ1) is 63.2. The highest BCUT2D eigenvalue weighted by Gasteiger charge is 2.67. The third-order valence-corrected chi connectivity index (χ3v) is 25.9. The number of rotatable bonds is 8. The molecule has 5 heteroatoms. The summed E-state index contributed by atoms with van der Waals surface area (Å²) < 4.78 is 9.25. The van der Waals surface area contributed by atoms with Crippen molar-refractivity contribution < 1.29 is 4.74 Å². The van der Waals surface area contributed by atoms with E-state index in [1.54, 1.807) is 0 Å². The van der Waals surface area contributed by atoms with Gasteiger partial charge in [0.1, 0.15) is 23.3 Å². The molecular weight excluding hydrogens is 1370 g/mol. The molecule has 24 rings (SSSR count). The Hall–Kier alpha value is -14.7. The summed E-state index contributed by atoms with van der Waals surface area (Å²) in [5.74, 6) is 0. The molecule has 5 nitrogen and oxygen atoms in total. The van der Waals surface area contributed by atoms with Crippen molar-refractivity contribution in [2.45, 2.75) is 22.0 Å². The fourth-order valence-corrected chi connectivity index (χ4v) is 21.8. The quantitative estimate of drug-likeness (QED) is 0.152. The maximum Gasteiger partial charge on any atom is 0.149 e. The minimum atomic E-state index is -1.55. The molecule has 0 bridgehead atoms. The lowest BCUT2D eigenvalue weighted by molar-refractivity contribution is -0.0483. The Balaban J connectivity index is 0.911. The lowest BCUT2D eigenvalue weighted by Crippen LogP contribution is -2.34. The Morgan fingerprint density at radius 1 is 0.212 bits per heavy atom. The molecule has 0 fully saturated rings. The second kappa shape index (κ2) is 23.4. The van der Waals surface area contributed by atoms with Crippen LogP contribution in [0.1, 0.15) is 89.0 Å². The average Bonchev–Trinajstić information content (AvgIpc) is 1.50. The summed E-state index contributed by atoms with van der Waals surface area (Å²) >= 11 is 0. The summed E-state index contributed by atoms with van der Waals surface area (Å²) in [5, 5.41) is 27.3. The molecule has 17 aromatic rings. The molecule has 0 atom stereocenters. The number of hydrogen-bond acceptors (Lipinski definition) is 5. The molecule has 1 aliphatic heterocycles. The van der Waals surface area contributed by atoms with E-state index in [0.29, 0.717) is 11.4 Å². The normalized spacial score (nSPS) is 14.6. The number of ether oxygens (including phenoxy) is 1. The number of anilines is 6. The van der Waals surface area contributed by atoms with Gasteiger partial charge >= 0.3 is 0 Å². The van der Waals surface area contributed by atoms with Crippen LogP contribution in [0, 0.1) is 22.7 Å². The van der Waals surface area contributed by atoms with Crippen molar-refractivity contribution in [1.29, 1.82) is 10.5 Å². The Morgan fingerprint density at radius 3 is 0.735 bits per heavy atom. The van der Waals surface area contributed by atoms with Gasteiger partial charge < -0.3 is 14.5 Å². The van der Waals surface area contributed by atoms with Crippen molar-refractivity contribution in [2.24, 2.45) is 0 Å². The lowest BCUT2D eigenvalue weighted by atomic mass is 9.70. The molecule has 0 radical (unpaired) electrons. The van der Waals surface area contributed by atoms with Crippen LogP contribution < -0.4 is 9.80 Å². The van der Waals surface area contributed by atoms with Crippen LogP contribution in [-0.2, 0) is 26.8 Å². The Kier molecular flexibility index (Phi) is 13.1. The fraction of sp³-hybridized carbons (Fsp3) is 0.0370. The van der Waals surface area contributed by atoms with Crippen LogP contribution in [-0.4, -0.2) is 0 Å². The Bertz CT molecular complexity index is 6470. The van der Waals surface area contributed by atoms with Crippen LogP contribution >= 0.6 is 0 Å². The van der Waals surface area contributed by atoms with E-state index in [9.17, 15) is 15.3 Å². The van der Waals surface area contributed by atoms with Gasteiger partial charge in [0.25, 0.3) is 0 Å². The molecule has 0 saturated carbocycles. The zero-order valence-electron chi connectivity index (χ0n) is 61.1. The van der Waals surface area contributed by atoms with E-state index in [0.717, 1.165) is 134 Å². The van der Waals surface area contributed by atoms with Crippen molar-refractivity contribution in [3.8, 4) is 101 Å². The number of nitriles is 2. The summed E-state index contributed by atoms with van der Waals surface area (Å²) in [6.07, 6.45) is 0. The maximum atomic E-state index is 13.7. The van der Waals surface area contributed by atoms with Crippen LogP contribution in [0.4, 0.5) is 34.1 Å². The molecule has 0 aromatic heterocycles. The van der Waals surface area contributed by atoms with Gasteiger partial charge in [0, 0.05) is 55.9 Å². The first-order valence-electron chi connectivity index (χ1n) is 38.9. The number of benzene rings is 17. The zero-order chi connectivity index (χ0) is 74.5. The minimum absolute atomic E-state index is 0.194. The van der Waals surface area contributed by atoms with Gasteiger partial charge in [-0.1, -0.05) is 352 Å². The minimum Gasteiger partial charge on any atom is -0.340 e. The van der Waals surface area contributed by atoms with Crippen molar-refractivity contribution in [3.05, 3.63) is 477 Å². The SMILES string of the molecule is N#Cc1c(C#N)c(N(c2ccc(-c3ccccc3)cc2)c2cccc3c2-c2ccccc2C32c3ccccc3-c3ccccc32)c2c(c1N(c1ccc(-c3ccccc3)cc1)c1cccc3c1-c1ccccc1C31c3ccccc3-c3ccccc31)C1(OC23c2ccccc2-c2ccccc23)c2ccccc2-c2ccccc21. The van der Waals surface area contributed by atoms with Gasteiger partial charge in [-0.2, -0.15) is 10.5 Å². The Morgan fingerprint density at radius 2 is 0.442 bits per heavy atom. The van der Waals surface area contributed by atoms with Crippen molar-refractivity contribution in [2.75, 3.05) is 9.80 Å². The Labute approximate surface area is 655 Å². The van der Waals surface area contributed by atoms with E-state index >= 15 is 0 Å². The second-order valence-electron chi connectivity index (χ2n) is 30.7. The molecule has 7 aliphatic rings. The fourth-order valence-electron chi connectivity index (χ4n) is 21.8. The van der Waals surface area contributed by atoms with E-state index < -0.39 is 22.0 Å².